The van der Waals surface area contributed by atoms with E-state index in [0.717, 1.165) is 25.3 Å². The molecule has 0 spiro atoms. The van der Waals surface area contributed by atoms with Gasteiger partial charge in [0.15, 0.2) is 0 Å². The molecule has 0 radical (unpaired) electrons. The second-order valence-electron chi connectivity index (χ2n) is 4.51. The number of nitrogens with zero attached hydrogens (tertiary/aromatic N) is 1. The molecule has 2 rings (SSSR count). The van der Waals surface area contributed by atoms with Crippen molar-refractivity contribution < 1.29 is 8.78 Å². The highest BCUT2D eigenvalue weighted by atomic mass is 19.1. The van der Waals surface area contributed by atoms with E-state index in [1.807, 2.05) is 0 Å². The molecule has 1 aromatic carbocycles. The summed E-state index contributed by atoms with van der Waals surface area (Å²) in [6, 6.07) is 5.42. The van der Waals surface area contributed by atoms with Gasteiger partial charge in [0.05, 0.1) is 17.5 Å². The van der Waals surface area contributed by atoms with Gasteiger partial charge in [-0.05, 0) is 26.0 Å². The quantitative estimate of drug-likeness (QED) is 0.875. The first kappa shape index (κ1) is 12.0. The summed E-state index contributed by atoms with van der Waals surface area (Å²) >= 11 is 0. The third kappa shape index (κ3) is 1.91. The van der Waals surface area contributed by atoms with Crippen LogP contribution < -0.4 is 5.32 Å². The maximum absolute atomic E-state index is 13.7. The molecule has 17 heavy (non-hydrogen) atoms. The first-order chi connectivity index (χ1) is 8.13. The average Bonchev–Trinajstić information content (AvgIpc) is 2.24. The third-order valence-corrected chi connectivity index (χ3v) is 3.58. The fourth-order valence-electron chi connectivity index (χ4n) is 2.49. The van der Waals surface area contributed by atoms with Crippen molar-refractivity contribution >= 4 is 0 Å². The van der Waals surface area contributed by atoms with Crippen molar-refractivity contribution in [3.05, 3.63) is 35.4 Å². The number of hydrogen-bond donors (Lipinski definition) is 1. The van der Waals surface area contributed by atoms with Crippen LogP contribution in [0.1, 0.15) is 30.9 Å². The molecule has 1 atom stereocenters. The summed E-state index contributed by atoms with van der Waals surface area (Å²) in [6.45, 7) is 0. The second-order valence-corrected chi connectivity index (χ2v) is 4.51. The van der Waals surface area contributed by atoms with Gasteiger partial charge >= 0.3 is 0 Å². The molecule has 1 aliphatic rings. The lowest BCUT2D eigenvalue weighted by atomic mass is 9.63. The second kappa shape index (κ2) is 4.42. The van der Waals surface area contributed by atoms with Gasteiger partial charge in [0.1, 0.15) is 11.6 Å². The van der Waals surface area contributed by atoms with Crippen LogP contribution in [0.5, 0.6) is 0 Å². The first-order valence-electron chi connectivity index (χ1n) is 5.66. The van der Waals surface area contributed by atoms with Crippen molar-refractivity contribution in [2.24, 2.45) is 5.41 Å². The molecule has 1 saturated carbocycles. The fourth-order valence-corrected chi connectivity index (χ4v) is 2.49. The predicted molar refractivity (Wildman–Crippen MR) is 60.1 cm³/mol. The number of rotatable bonds is 3. The van der Waals surface area contributed by atoms with Crippen LogP contribution in [0.4, 0.5) is 8.78 Å². The summed E-state index contributed by atoms with van der Waals surface area (Å²) in [6.07, 6.45) is 2.49. The van der Waals surface area contributed by atoms with E-state index in [1.54, 1.807) is 7.05 Å². The van der Waals surface area contributed by atoms with E-state index in [0.29, 0.717) is 5.56 Å². The lowest BCUT2D eigenvalue weighted by Crippen LogP contribution is -2.41. The highest BCUT2D eigenvalue weighted by molar-refractivity contribution is 5.28. The van der Waals surface area contributed by atoms with Crippen LogP contribution in [0.25, 0.3) is 0 Å². The number of halogens is 2. The summed E-state index contributed by atoms with van der Waals surface area (Å²) in [4.78, 5) is 0. The van der Waals surface area contributed by atoms with Crippen molar-refractivity contribution in [3.8, 4) is 6.07 Å². The largest absolute Gasteiger partial charge is 0.312 e. The van der Waals surface area contributed by atoms with Gasteiger partial charge in [-0.1, -0.05) is 12.5 Å². The number of nitrogens with one attached hydrogen (secondary N) is 1. The molecule has 2 nitrogen and oxygen atoms in total. The Bertz CT molecular complexity index is 461. The van der Waals surface area contributed by atoms with Crippen LogP contribution in [0, 0.1) is 28.4 Å². The van der Waals surface area contributed by atoms with E-state index >= 15 is 0 Å². The normalized spacial score (nSPS) is 19.2. The minimum Gasteiger partial charge on any atom is -0.312 e. The zero-order chi connectivity index (χ0) is 12.5. The molecule has 0 aromatic heterocycles. The van der Waals surface area contributed by atoms with Crippen molar-refractivity contribution in [1.29, 1.82) is 5.26 Å². The Morgan fingerprint density at radius 2 is 2.12 bits per heavy atom. The zero-order valence-corrected chi connectivity index (χ0v) is 9.63. The highest BCUT2D eigenvalue weighted by Crippen LogP contribution is 2.49. The third-order valence-electron chi connectivity index (χ3n) is 3.58. The van der Waals surface area contributed by atoms with Gasteiger partial charge in [0.2, 0.25) is 0 Å². The first-order valence-corrected chi connectivity index (χ1v) is 5.66. The lowest BCUT2D eigenvalue weighted by Gasteiger charge is -2.42. The van der Waals surface area contributed by atoms with E-state index in [1.165, 1.54) is 12.1 Å². The van der Waals surface area contributed by atoms with E-state index in [4.69, 9.17) is 0 Å². The molecule has 0 heterocycles. The number of nitriles is 1. The van der Waals surface area contributed by atoms with Crippen LogP contribution in [-0.2, 0) is 0 Å². The summed E-state index contributed by atoms with van der Waals surface area (Å²) in [5, 5.41) is 12.2. The molecule has 0 saturated heterocycles. The Morgan fingerprint density at radius 1 is 1.41 bits per heavy atom. The molecule has 1 aromatic rings. The molecular formula is C13H14F2N2. The highest BCUT2D eigenvalue weighted by Gasteiger charge is 2.45. The maximum Gasteiger partial charge on any atom is 0.130 e. The van der Waals surface area contributed by atoms with Crippen molar-refractivity contribution in [3.63, 3.8) is 0 Å². The molecule has 4 heteroatoms. The monoisotopic (exact) mass is 236 g/mol. The Labute approximate surface area is 99.3 Å². The van der Waals surface area contributed by atoms with E-state index in [-0.39, 0.29) is 6.04 Å². The minimum absolute atomic E-state index is 0.371. The molecular weight excluding hydrogens is 222 g/mol. The Balaban J connectivity index is 2.39. The Kier molecular flexibility index (Phi) is 3.12. The van der Waals surface area contributed by atoms with Gasteiger partial charge in [-0.3, -0.25) is 0 Å². The molecule has 1 N–H and O–H groups in total. The van der Waals surface area contributed by atoms with Crippen LogP contribution >= 0.6 is 0 Å². The van der Waals surface area contributed by atoms with Crippen LogP contribution in [0.2, 0.25) is 0 Å². The number of benzene rings is 1. The number of hydrogen-bond acceptors (Lipinski definition) is 2. The maximum atomic E-state index is 13.7. The Morgan fingerprint density at radius 3 is 2.53 bits per heavy atom. The van der Waals surface area contributed by atoms with E-state index in [9.17, 15) is 14.0 Å². The van der Waals surface area contributed by atoms with Gasteiger partial charge in [-0.2, -0.15) is 5.26 Å². The van der Waals surface area contributed by atoms with Crippen LogP contribution in [-0.4, -0.2) is 7.05 Å². The van der Waals surface area contributed by atoms with Gasteiger partial charge < -0.3 is 5.32 Å². The van der Waals surface area contributed by atoms with Crippen molar-refractivity contribution in [2.75, 3.05) is 7.05 Å². The summed E-state index contributed by atoms with van der Waals surface area (Å²) in [7, 11) is 1.70. The van der Waals surface area contributed by atoms with Gasteiger partial charge in [-0.15, -0.1) is 0 Å². The minimum atomic E-state index is -0.597. The molecule has 0 aliphatic heterocycles. The van der Waals surface area contributed by atoms with Crippen molar-refractivity contribution in [1.82, 2.24) is 5.32 Å². The lowest BCUT2D eigenvalue weighted by molar-refractivity contribution is 0.146. The zero-order valence-electron chi connectivity index (χ0n) is 9.63. The van der Waals surface area contributed by atoms with Crippen molar-refractivity contribution in [2.45, 2.75) is 25.3 Å². The molecule has 90 valence electrons. The summed E-state index contributed by atoms with van der Waals surface area (Å²) < 4.78 is 26.6. The molecule has 1 fully saturated rings. The van der Waals surface area contributed by atoms with Gasteiger partial charge in [-0.25, -0.2) is 8.78 Å². The average molecular weight is 236 g/mol. The molecule has 1 unspecified atom stereocenters. The van der Waals surface area contributed by atoms with E-state index in [2.05, 4.69) is 11.4 Å². The standard InChI is InChI=1S/C13H14F2N2/c1-17-12(13(8-16)5-2-6-13)10-4-3-9(14)7-11(10)15/h3-4,7,12,17H,2,5-6H2,1H3. The van der Waals surface area contributed by atoms with Gasteiger partial charge in [0, 0.05) is 11.6 Å². The fraction of sp³-hybridized carbons (Fsp3) is 0.462. The van der Waals surface area contributed by atoms with Crippen LogP contribution in [0.3, 0.4) is 0 Å². The molecule has 1 aliphatic carbocycles. The molecule has 0 amide bonds. The topological polar surface area (TPSA) is 35.8 Å². The Hall–Kier alpha value is -1.47. The van der Waals surface area contributed by atoms with Crippen LogP contribution in [0.15, 0.2) is 18.2 Å². The summed E-state index contributed by atoms with van der Waals surface area (Å²) in [5.41, 5.74) is -0.178. The van der Waals surface area contributed by atoms with Gasteiger partial charge in [0.25, 0.3) is 0 Å². The smallest absolute Gasteiger partial charge is 0.130 e. The predicted octanol–water partition coefficient (Wildman–Crippen LogP) is 2.92. The SMILES string of the molecule is CNC(c1ccc(F)cc1F)C1(C#N)CCC1. The summed E-state index contributed by atoms with van der Waals surface area (Å²) in [5.74, 6) is -1.19. The van der Waals surface area contributed by atoms with E-state index < -0.39 is 17.0 Å². The molecule has 0 bridgehead atoms.